The van der Waals surface area contributed by atoms with Crippen molar-refractivity contribution in [3.63, 3.8) is 0 Å². The van der Waals surface area contributed by atoms with Crippen LogP contribution in [-0.4, -0.2) is 4.57 Å². The van der Waals surface area contributed by atoms with E-state index in [9.17, 15) is 5.26 Å². The number of hydrogen-bond acceptors (Lipinski definition) is 2. The minimum atomic E-state index is 0.0195. The number of benzene rings is 5. The van der Waals surface area contributed by atoms with E-state index in [1.807, 2.05) is 17.4 Å². The van der Waals surface area contributed by atoms with Crippen LogP contribution in [0.15, 0.2) is 115 Å². The van der Waals surface area contributed by atoms with Crippen molar-refractivity contribution in [1.29, 1.82) is 5.26 Å². The van der Waals surface area contributed by atoms with E-state index in [-0.39, 0.29) is 5.41 Å². The van der Waals surface area contributed by atoms with Crippen LogP contribution in [0, 0.1) is 11.3 Å². The molecule has 0 unspecified atom stereocenters. The molecule has 7 aromatic rings. The Morgan fingerprint density at radius 3 is 2.28 bits per heavy atom. The van der Waals surface area contributed by atoms with E-state index in [1.165, 1.54) is 58.8 Å². The SMILES string of the molecule is CC1(C)C2=C(CCC=C2)c2cc3c(cc21)sc1cccc(-c2ccc(C#N)cc2-n2c4ccccc4c4ccccc42)c13. The molecule has 2 nitrogen and oxygen atoms in total. The average Bonchev–Trinajstić information content (AvgIpc) is 3.66. The molecule has 43 heavy (non-hydrogen) atoms. The van der Waals surface area contributed by atoms with Gasteiger partial charge in [0.05, 0.1) is 28.4 Å². The summed E-state index contributed by atoms with van der Waals surface area (Å²) in [6, 6.07) is 37.4. The fourth-order valence-electron chi connectivity index (χ4n) is 7.73. The molecule has 0 spiro atoms. The lowest BCUT2D eigenvalue weighted by molar-refractivity contribution is 0.652. The summed E-state index contributed by atoms with van der Waals surface area (Å²) in [6.45, 7) is 4.76. The summed E-state index contributed by atoms with van der Waals surface area (Å²) in [7, 11) is 0. The molecular formula is C40H28N2S. The smallest absolute Gasteiger partial charge is 0.0992 e. The van der Waals surface area contributed by atoms with Crippen molar-refractivity contribution in [2.24, 2.45) is 0 Å². The van der Waals surface area contributed by atoms with Gasteiger partial charge in [0.25, 0.3) is 0 Å². The third-order valence-corrected chi connectivity index (χ3v) is 10.8. The van der Waals surface area contributed by atoms with Gasteiger partial charge in [-0.15, -0.1) is 11.3 Å². The third kappa shape index (κ3) is 3.33. The molecule has 2 aliphatic carbocycles. The molecule has 0 saturated carbocycles. The van der Waals surface area contributed by atoms with E-state index < -0.39 is 0 Å². The maximum atomic E-state index is 9.99. The monoisotopic (exact) mass is 568 g/mol. The molecule has 2 heterocycles. The number of aromatic nitrogens is 1. The van der Waals surface area contributed by atoms with Gasteiger partial charge in [-0.1, -0.05) is 80.6 Å². The molecule has 0 amide bonds. The Morgan fingerprint density at radius 2 is 1.51 bits per heavy atom. The van der Waals surface area contributed by atoms with Crippen molar-refractivity contribution in [1.82, 2.24) is 4.57 Å². The van der Waals surface area contributed by atoms with Crippen molar-refractivity contribution in [3.8, 4) is 22.9 Å². The van der Waals surface area contributed by atoms with Gasteiger partial charge in [0.15, 0.2) is 0 Å². The lowest BCUT2D eigenvalue weighted by Crippen LogP contribution is -2.16. The van der Waals surface area contributed by atoms with Crippen LogP contribution in [0.5, 0.6) is 0 Å². The summed E-state index contributed by atoms with van der Waals surface area (Å²) < 4.78 is 4.98. The summed E-state index contributed by atoms with van der Waals surface area (Å²) in [6.07, 6.45) is 6.92. The highest BCUT2D eigenvalue weighted by Crippen LogP contribution is 2.53. The molecule has 0 bridgehead atoms. The Labute approximate surface area is 254 Å². The number of para-hydroxylation sites is 2. The van der Waals surface area contributed by atoms with Crippen LogP contribution < -0.4 is 0 Å². The predicted octanol–water partition coefficient (Wildman–Crippen LogP) is 11.1. The molecular weight excluding hydrogens is 541 g/mol. The zero-order valence-corrected chi connectivity index (χ0v) is 24.9. The second-order valence-corrected chi connectivity index (χ2v) is 13.4. The number of rotatable bonds is 2. The molecule has 0 N–H and O–H groups in total. The zero-order valence-electron chi connectivity index (χ0n) is 24.1. The fourth-order valence-corrected chi connectivity index (χ4v) is 8.89. The van der Waals surface area contributed by atoms with Crippen LogP contribution in [-0.2, 0) is 5.41 Å². The molecule has 0 saturated heterocycles. The van der Waals surface area contributed by atoms with E-state index in [4.69, 9.17) is 0 Å². The van der Waals surface area contributed by atoms with Crippen molar-refractivity contribution in [2.45, 2.75) is 32.1 Å². The number of thiophene rings is 1. The molecule has 204 valence electrons. The van der Waals surface area contributed by atoms with Gasteiger partial charge in [-0.3, -0.25) is 0 Å². The highest BCUT2D eigenvalue weighted by molar-refractivity contribution is 7.26. The normalized spacial score (nSPS) is 15.5. The largest absolute Gasteiger partial charge is 0.309 e. The first-order valence-corrected chi connectivity index (χ1v) is 15.8. The number of allylic oxidation sites excluding steroid dienone is 4. The van der Waals surface area contributed by atoms with Crippen LogP contribution in [0.25, 0.3) is 64.4 Å². The van der Waals surface area contributed by atoms with Gasteiger partial charge in [0.1, 0.15) is 0 Å². The fraction of sp³-hybridized carbons (Fsp3) is 0.125. The summed E-state index contributed by atoms with van der Waals surface area (Å²) in [5.74, 6) is 0. The molecule has 0 fully saturated rings. The summed E-state index contributed by atoms with van der Waals surface area (Å²) in [5.41, 5.74) is 12.2. The standard InChI is InChI=1S/C40H28N2S/c1-40(2)32-14-6-3-10-25(32)30-21-31-38(22-33(30)40)43-37-17-9-13-29(39(31)37)28-19-18-24(23-41)20-36(28)42-34-15-7-4-11-26(34)27-12-5-8-16-35(27)42/h4-9,11-22H,3,10H2,1-2H3. The summed E-state index contributed by atoms with van der Waals surface area (Å²) in [5, 5.41) is 15.0. The van der Waals surface area contributed by atoms with Gasteiger partial charge in [0.2, 0.25) is 0 Å². The van der Waals surface area contributed by atoms with Crippen LogP contribution in [0.2, 0.25) is 0 Å². The quantitative estimate of drug-likeness (QED) is 0.204. The Hall–Kier alpha value is -4.91. The molecule has 0 atom stereocenters. The Balaban J connectivity index is 1.37. The number of nitriles is 1. The average molecular weight is 569 g/mol. The Kier molecular flexibility index (Phi) is 5.05. The van der Waals surface area contributed by atoms with Gasteiger partial charge >= 0.3 is 0 Å². The minimum Gasteiger partial charge on any atom is -0.309 e. The number of fused-ring (bicyclic) bond motifs is 8. The van der Waals surface area contributed by atoms with Crippen LogP contribution in [0.4, 0.5) is 0 Å². The van der Waals surface area contributed by atoms with E-state index in [0.29, 0.717) is 5.56 Å². The van der Waals surface area contributed by atoms with Crippen molar-refractivity contribution in [3.05, 3.63) is 131 Å². The van der Waals surface area contributed by atoms with Gasteiger partial charge in [0, 0.05) is 41.9 Å². The minimum absolute atomic E-state index is 0.0195. The first-order valence-electron chi connectivity index (χ1n) is 15.0. The summed E-state index contributed by atoms with van der Waals surface area (Å²) >= 11 is 1.89. The molecule has 0 aliphatic heterocycles. The lowest BCUT2D eigenvalue weighted by atomic mass is 9.80. The topological polar surface area (TPSA) is 28.7 Å². The molecule has 2 aromatic heterocycles. The molecule has 2 aliphatic rings. The molecule has 0 radical (unpaired) electrons. The first kappa shape index (κ1) is 24.7. The highest BCUT2D eigenvalue weighted by Gasteiger charge is 2.37. The molecule has 9 rings (SSSR count). The van der Waals surface area contributed by atoms with Crippen LogP contribution in [0.3, 0.4) is 0 Å². The van der Waals surface area contributed by atoms with E-state index in [0.717, 1.165) is 35.1 Å². The first-order chi connectivity index (χ1) is 21.0. The Morgan fingerprint density at radius 1 is 0.744 bits per heavy atom. The van der Waals surface area contributed by atoms with Gasteiger partial charge in [-0.2, -0.15) is 5.26 Å². The second-order valence-electron chi connectivity index (χ2n) is 12.3. The van der Waals surface area contributed by atoms with Crippen LogP contribution >= 0.6 is 11.3 Å². The van der Waals surface area contributed by atoms with Crippen molar-refractivity contribution >= 4 is 58.9 Å². The van der Waals surface area contributed by atoms with E-state index in [1.54, 1.807) is 0 Å². The van der Waals surface area contributed by atoms with Gasteiger partial charge in [-0.25, -0.2) is 0 Å². The third-order valence-electron chi connectivity index (χ3n) is 9.72. The molecule has 3 heteroatoms. The number of hydrogen-bond donors (Lipinski definition) is 0. The van der Waals surface area contributed by atoms with Crippen molar-refractivity contribution in [2.75, 3.05) is 0 Å². The number of nitrogens with zero attached hydrogens (tertiary/aromatic N) is 2. The zero-order chi connectivity index (χ0) is 28.9. The Bertz CT molecular complexity index is 2380. The summed E-state index contributed by atoms with van der Waals surface area (Å²) in [4.78, 5) is 0. The predicted molar refractivity (Wildman–Crippen MR) is 182 cm³/mol. The maximum absolute atomic E-state index is 9.99. The van der Waals surface area contributed by atoms with Gasteiger partial charge < -0.3 is 4.57 Å². The second kappa shape index (κ2) is 8.80. The van der Waals surface area contributed by atoms with E-state index >= 15 is 0 Å². The maximum Gasteiger partial charge on any atom is 0.0992 e. The lowest BCUT2D eigenvalue weighted by Gasteiger charge is -2.23. The van der Waals surface area contributed by atoms with E-state index in [2.05, 4.69) is 128 Å². The van der Waals surface area contributed by atoms with Crippen molar-refractivity contribution < 1.29 is 0 Å². The molecule has 5 aromatic carbocycles. The van der Waals surface area contributed by atoms with Gasteiger partial charge in [-0.05, 0) is 83.1 Å². The highest BCUT2D eigenvalue weighted by atomic mass is 32.1. The van der Waals surface area contributed by atoms with Crippen LogP contribution in [0.1, 0.15) is 43.4 Å².